The van der Waals surface area contributed by atoms with Crippen molar-refractivity contribution in [3.05, 3.63) is 48.6 Å². The third-order valence-electron chi connectivity index (χ3n) is 9.18. The molecule has 6 N–H and O–H groups in total. The van der Waals surface area contributed by atoms with Crippen LogP contribution in [0.4, 0.5) is 4.79 Å². The molecule has 240 valence electrons. The summed E-state index contributed by atoms with van der Waals surface area (Å²) in [6.45, 7) is 18.8. The van der Waals surface area contributed by atoms with E-state index in [1.165, 1.54) is 0 Å². The number of aliphatic hydroxyl groups is 4. The van der Waals surface area contributed by atoms with Crippen LogP contribution in [-0.4, -0.2) is 62.8 Å². The Labute approximate surface area is 253 Å². The van der Waals surface area contributed by atoms with Gasteiger partial charge >= 0.3 is 6.09 Å². The minimum atomic E-state index is -0.882. The van der Waals surface area contributed by atoms with Crippen molar-refractivity contribution in [3.8, 4) is 0 Å². The SMILES string of the molecule is C=C/C=C\[C@H](C)[C@H](OC(N)=O)[C@@H](C)[C@H](O)[C@@H](C)C/C(C)=C\[C@H](C)[C@@H](O)[C@@H](C)/C=C\[C@@H](O)C[C@@H]1CC(=O)[C@H](C)[C@@H](O)[C@H]1C. The molecule has 1 saturated carbocycles. The number of amides is 1. The average Bonchev–Trinajstić information content (AvgIpc) is 2.93. The van der Waals surface area contributed by atoms with E-state index in [2.05, 4.69) is 6.58 Å². The number of nitrogens with two attached hydrogens (primary N) is 1. The molecule has 0 spiro atoms. The third kappa shape index (κ3) is 11.4. The minimum absolute atomic E-state index is 0.0342. The highest BCUT2D eigenvalue weighted by atomic mass is 16.6. The largest absolute Gasteiger partial charge is 0.445 e. The zero-order valence-electron chi connectivity index (χ0n) is 26.9. The lowest BCUT2D eigenvalue weighted by atomic mass is 9.71. The highest BCUT2D eigenvalue weighted by Gasteiger charge is 2.39. The number of aliphatic hydroxyl groups excluding tert-OH is 4. The first kappa shape index (κ1) is 37.8. The van der Waals surface area contributed by atoms with Crippen LogP contribution in [-0.2, 0) is 9.53 Å². The van der Waals surface area contributed by atoms with E-state index in [1.54, 1.807) is 31.2 Å². The van der Waals surface area contributed by atoms with Gasteiger partial charge in [-0.15, -0.1) is 0 Å². The molecule has 1 aliphatic rings. The number of carbonyl (C=O) groups is 2. The van der Waals surface area contributed by atoms with Crippen LogP contribution in [0.5, 0.6) is 0 Å². The second-order valence-corrected chi connectivity index (χ2v) is 12.9. The average molecular weight is 592 g/mol. The minimum Gasteiger partial charge on any atom is -0.445 e. The van der Waals surface area contributed by atoms with Crippen molar-refractivity contribution >= 4 is 11.9 Å². The highest BCUT2D eigenvalue weighted by Crippen LogP contribution is 2.35. The molecule has 0 bridgehead atoms. The monoisotopic (exact) mass is 591 g/mol. The molecule has 1 fully saturated rings. The summed E-state index contributed by atoms with van der Waals surface area (Å²) in [5.74, 6) is -1.57. The number of ketones is 1. The zero-order valence-corrected chi connectivity index (χ0v) is 26.9. The Kier molecular flexibility index (Phi) is 16.0. The van der Waals surface area contributed by atoms with Crippen LogP contribution in [0.1, 0.15) is 74.7 Å². The summed E-state index contributed by atoms with van der Waals surface area (Å²) < 4.78 is 5.37. The maximum atomic E-state index is 12.2. The number of rotatable bonds is 16. The number of Topliss-reactive ketones (excluding diaryl/α,β-unsaturated/α-hetero) is 1. The summed E-state index contributed by atoms with van der Waals surface area (Å²) >= 11 is 0. The topological polar surface area (TPSA) is 150 Å². The molecule has 0 unspecified atom stereocenters. The van der Waals surface area contributed by atoms with E-state index >= 15 is 0 Å². The van der Waals surface area contributed by atoms with Crippen LogP contribution in [0.3, 0.4) is 0 Å². The number of hydrogen-bond acceptors (Lipinski definition) is 7. The summed E-state index contributed by atoms with van der Waals surface area (Å²) in [7, 11) is 0. The van der Waals surface area contributed by atoms with Gasteiger partial charge in [0.25, 0.3) is 0 Å². The van der Waals surface area contributed by atoms with Gasteiger partial charge in [-0.3, -0.25) is 4.79 Å². The first-order valence-electron chi connectivity index (χ1n) is 15.4. The second-order valence-electron chi connectivity index (χ2n) is 12.9. The van der Waals surface area contributed by atoms with Crippen molar-refractivity contribution in [2.75, 3.05) is 0 Å². The van der Waals surface area contributed by atoms with Gasteiger partial charge in [0, 0.05) is 36.0 Å². The molecule has 0 heterocycles. The predicted molar refractivity (Wildman–Crippen MR) is 167 cm³/mol. The Morgan fingerprint density at radius 3 is 2.21 bits per heavy atom. The van der Waals surface area contributed by atoms with Gasteiger partial charge in [-0.1, -0.05) is 97.1 Å². The van der Waals surface area contributed by atoms with Gasteiger partial charge in [-0.05, 0) is 37.5 Å². The van der Waals surface area contributed by atoms with Gasteiger partial charge in [-0.25, -0.2) is 4.79 Å². The van der Waals surface area contributed by atoms with Gasteiger partial charge in [0.15, 0.2) is 0 Å². The maximum Gasteiger partial charge on any atom is 0.404 e. The number of primary amides is 1. The molecule has 13 atom stereocenters. The molecular weight excluding hydrogens is 534 g/mol. The number of carbonyl (C=O) groups excluding carboxylic acids is 2. The Morgan fingerprint density at radius 2 is 1.64 bits per heavy atom. The Balaban J connectivity index is 2.76. The summed E-state index contributed by atoms with van der Waals surface area (Å²) in [5, 5.41) is 43.0. The Hall–Kier alpha value is -2.26. The van der Waals surface area contributed by atoms with Gasteiger partial charge in [0.2, 0.25) is 0 Å². The fourth-order valence-corrected chi connectivity index (χ4v) is 6.29. The van der Waals surface area contributed by atoms with Gasteiger partial charge in [0.1, 0.15) is 11.9 Å². The molecule has 1 rings (SSSR count). The van der Waals surface area contributed by atoms with Crippen molar-refractivity contribution in [1.82, 2.24) is 0 Å². The van der Waals surface area contributed by atoms with E-state index in [9.17, 15) is 30.0 Å². The number of allylic oxidation sites excluding steroid dienone is 3. The third-order valence-corrected chi connectivity index (χ3v) is 9.18. The summed E-state index contributed by atoms with van der Waals surface area (Å²) in [6, 6.07) is 0. The molecule has 0 aliphatic heterocycles. The normalized spacial score (nSPS) is 28.5. The molecule has 8 nitrogen and oxygen atoms in total. The first-order chi connectivity index (χ1) is 19.5. The van der Waals surface area contributed by atoms with E-state index in [1.807, 2.05) is 60.6 Å². The van der Waals surface area contributed by atoms with Crippen molar-refractivity contribution in [2.45, 2.75) is 105 Å². The molecule has 1 aliphatic carbocycles. The van der Waals surface area contributed by atoms with Crippen molar-refractivity contribution < 1.29 is 34.8 Å². The lowest BCUT2D eigenvalue weighted by Crippen LogP contribution is -2.42. The number of hydrogen-bond donors (Lipinski definition) is 5. The van der Waals surface area contributed by atoms with E-state index in [-0.39, 0.29) is 53.1 Å². The quantitative estimate of drug-likeness (QED) is 0.126. The van der Waals surface area contributed by atoms with Crippen LogP contribution >= 0.6 is 0 Å². The Bertz CT molecular complexity index is 960. The predicted octanol–water partition coefficient (Wildman–Crippen LogP) is 4.96. The van der Waals surface area contributed by atoms with E-state index in [0.29, 0.717) is 19.3 Å². The van der Waals surface area contributed by atoms with Crippen molar-refractivity contribution in [1.29, 1.82) is 0 Å². The van der Waals surface area contributed by atoms with Crippen LogP contribution in [0, 0.1) is 47.3 Å². The molecular formula is C34H57NO7. The fraction of sp³-hybridized carbons (Fsp3) is 0.706. The van der Waals surface area contributed by atoms with E-state index < -0.39 is 36.6 Å². The second kappa shape index (κ2) is 17.8. The summed E-state index contributed by atoms with van der Waals surface area (Å²) in [4.78, 5) is 23.7. The molecule has 0 radical (unpaired) electrons. The number of ether oxygens (including phenoxy) is 1. The maximum absolute atomic E-state index is 12.2. The van der Waals surface area contributed by atoms with Gasteiger partial charge in [-0.2, -0.15) is 0 Å². The molecule has 0 aromatic carbocycles. The van der Waals surface area contributed by atoms with E-state index in [0.717, 1.165) is 5.57 Å². The molecule has 8 heteroatoms. The molecule has 1 amide bonds. The zero-order chi connectivity index (χ0) is 32.3. The fourth-order valence-electron chi connectivity index (χ4n) is 6.29. The molecule has 0 aromatic rings. The lowest BCUT2D eigenvalue weighted by molar-refractivity contribution is -0.134. The standard InChI is InChI=1S/C34H57NO7/c1-10-11-12-21(4)33(42-34(35)41)26(9)31(39)23(6)16-19(2)15-22(5)30(38)20(3)13-14-28(36)17-27-18-29(37)25(8)32(40)24(27)7/h10-15,20-28,30-33,36,38-40H,1,16-18H2,2-9H3,(H2,35,41)/b12-11-,14-13-,19-15-/t20-,21-,22-,23-,24-,25-,26-,27+,28+,30-,31+,32-,33-/m0/s1. The first-order valence-corrected chi connectivity index (χ1v) is 15.4. The van der Waals surface area contributed by atoms with Crippen LogP contribution in [0.2, 0.25) is 0 Å². The lowest BCUT2D eigenvalue weighted by Gasteiger charge is -2.36. The van der Waals surface area contributed by atoms with Gasteiger partial charge < -0.3 is 30.9 Å². The smallest absolute Gasteiger partial charge is 0.404 e. The van der Waals surface area contributed by atoms with Crippen LogP contribution in [0.15, 0.2) is 48.6 Å². The highest BCUT2D eigenvalue weighted by molar-refractivity contribution is 5.82. The van der Waals surface area contributed by atoms with Crippen LogP contribution < -0.4 is 5.73 Å². The molecule has 0 aromatic heterocycles. The summed E-state index contributed by atoms with van der Waals surface area (Å²) in [6.07, 6.45) is 7.70. The molecule has 0 saturated heterocycles. The van der Waals surface area contributed by atoms with E-state index in [4.69, 9.17) is 10.5 Å². The van der Waals surface area contributed by atoms with Crippen molar-refractivity contribution in [2.24, 2.45) is 53.1 Å². The molecule has 42 heavy (non-hydrogen) atoms. The van der Waals surface area contributed by atoms with Crippen molar-refractivity contribution in [3.63, 3.8) is 0 Å². The van der Waals surface area contributed by atoms with Gasteiger partial charge in [0.05, 0.1) is 24.4 Å². The summed E-state index contributed by atoms with van der Waals surface area (Å²) in [5.41, 5.74) is 6.32. The Morgan fingerprint density at radius 1 is 1.02 bits per heavy atom. The van der Waals surface area contributed by atoms with Crippen LogP contribution in [0.25, 0.3) is 0 Å².